The minimum Gasteiger partial charge on any atom is -0.496 e. The molecule has 1 aliphatic carbocycles. The second kappa shape index (κ2) is 18.7. The first-order valence-corrected chi connectivity index (χ1v) is 18.1. The zero-order chi connectivity index (χ0) is 37.2. The number of amides is 2. The molecule has 2 amide bonds. The number of para-hydroxylation sites is 1. The molecule has 2 aliphatic rings. The number of aliphatic hydroxyl groups excluding tert-OH is 2. The van der Waals surface area contributed by atoms with Crippen LogP contribution >= 0.6 is 0 Å². The summed E-state index contributed by atoms with van der Waals surface area (Å²) >= 11 is 0. The van der Waals surface area contributed by atoms with Crippen molar-refractivity contribution in [2.45, 2.75) is 77.8 Å². The molecule has 1 aliphatic heterocycles. The van der Waals surface area contributed by atoms with Gasteiger partial charge in [0.15, 0.2) is 0 Å². The highest BCUT2D eigenvalue weighted by molar-refractivity contribution is 5.97. The van der Waals surface area contributed by atoms with Gasteiger partial charge in [0.2, 0.25) is 5.91 Å². The molecule has 0 aromatic heterocycles. The van der Waals surface area contributed by atoms with Gasteiger partial charge in [-0.3, -0.25) is 19.2 Å². The molecular weight excluding hydrogens is 654 g/mol. The third-order valence-electron chi connectivity index (χ3n) is 10.2. The Balaban J connectivity index is 1.60. The minimum atomic E-state index is -0.912. The summed E-state index contributed by atoms with van der Waals surface area (Å²) in [5.74, 6) is -0.163. The fourth-order valence-electron chi connectivity index (χ4n) is 7.20. The summed E-state index contributed by atoms with van der Waals surface area (Å²) in [6, 6.07) is 10.4. The van der Waals surface area contributed by atoms with E-state index in [1.807, 2.05) is 49.3 Å². The van der Waals surface area contributed by atoms with E-state index in [0.717, 1.165) is 41.6 Å². The molecule has 0 unspecified atom stereocenters. The fourth-order valence-corrected chi connectivity index (χ4v) is 7.20. The van der Waals surface area contributed by atoms with Crippen molar-refractivity contribution < 1.29 is 38.9 Å². The molecule has 7 atom stereocenters. The summed E-state index contributed by atoms with van der Waals surface area (Å²) < 4.78 is 10.9. The van der Waals surface area contributed by atoms with Crippen LogP contribution in [0.5, 0.6) is 5.75 Å². The number of esters is 1. The van der Waals surface area contributed by atoms with E-state index in [1.54, 1.807) is 32.1 Å². The third-order valence-corrected chi connectivity index (χ3v) is 10.2. The van der Waals surface area contributed by atoms with Gasteiger partial charge in [0.05, 0.1) is 39.5 Å². The van der Waals surface area contributed by atoms with Crippen LogP contribution in [0.1, 0.15) is 62.9 Å². The lowest BCUT2D eigenvalue weighted by Crippen LogP contribution is -2.53. The number of hydrogen-bond donors (Lipinski definition) is 5. The maximum absolute atomic E-state index is 14.0. The number of carbonyl (C=O) groups excluding carboxylic acids is 3. The van der Waals surface area contributed by atoms with Gasteiger partial charge in [-0.2, -0.15) is 5.06 Å². The SMILES string of the molecule is CCOC(=O)CNCCNC(=O)c1cc(-c2cccc(CN3O[C@@H](CO)[C@@H]([C@H](C)O)[C@H]3C(=O)N[C@H]3CCC[C@@H](C)[C@@H]3C)c2OC)cc(N(C)C)c1. The van der Waals surface area contributed by atoms with Crippen LogP contribution in [0.4, 0.5) is 5.69 Å². The summed E-state index contributed by atoms with van der Waals surface area (Å²) in [5.41, 5.74) is 3.47. The van der Waals surface area contributed by atoms with Crippen LogP contribution in [0.25, 0.3) is 11.1 Å². The van der Waals surface area contributed by atoms with Gasteiger partial charge >= 0.3 is 5.97 Å². The van der Waals surface area contributed by atoms with Gasteiger partial charge < -0.3 is 40.5 Å². The summed E-state index contributed by atoms with van der Waals surface area (Å²) in [6.07, 6.45) is 1.38. The lowest BCUT2D eigenvalue weighted by atomic mass is 9.77. The maximum Gasteiger partial charge on any atom is 0.319 e. The lowest BCUT2D eigenvalue weighted by molar-refractivity contribution is -0.182. The Kier molecular flexibility index (Phi) is 14.6. The van der Waals surface area contributed by atoms with E-state index in [2.05, 4.69) is 29.8 Å². The topological polar surface area (TPSA) is 162 Å². The van der Waals surface area contributed by atoms with Crippen LogP contribution in [0, 0.1) is 17.8 Å². The Bertz CT molecular complexity index is 1490. The van der Waals surface area contributed by atoms with E-state index in [-0.39, 0.29) is 43.5 Å². The molecule has 13 heteroatoms. The number of nitrogens with one attached hydrogen (secondary N) is 3. The van der Waals surface area contributed by atoms with Crippen LogP contribution in [0.15, 0.2) is 36.4 Å². The predicted molar refractivity (Wildman–Crippen MR) is 195 cm³/mol. The molecule has 0 bridgehead atoms. The van der Waals surface area contributed by atoms with Crippen LogP contribution < -0.4 is 25.6 Å². The van der Waals surface area contributed by atoms with Gasteiger partial charge in [-0.1, -0.05) is 44.9 Å². The summed E-state index contributed by atoms with van der Waals surface area (Å²) in [6.45, 7) is 8.62. The average Bonchev–Trinajstić information content (AvgIpc) is 3.48. The van der Waals surface area contributed by atoms with E-state index in [0.29, 0.717) is 42.8 Å². The Morgan fingerprint density at radius 3 is 2.55 bits per heavy atom. The van der Waals surface area contributed by atoms with Gasteiger partial charge in [0.1, 0.15) is 17.9 Å². The number of rotatable bonds is 16. The van der Waals surface area contributed by atoms with Gasteiger partial charge in [-0.15, -0.1) is 0 Å². The molecule has 0 radical (unpaired) electrons. The highest BCUT2D eigenvalue weighted by Gasteiger charge is 2.50. The molecular formula is C38H57N5O8. The number of methoxy groups -OCH3 is 1. The molecule has 51 heavy (non-hydrogen) atoms. The van der Waals surface area contributed by atoms with Crippen LogP contribution in [-0.2, 0) is 25.7 Å². The fraction of sp³-hybridized carbons (Fsp3) is 0.605. The van der Waals surface area contributed by atoms with Crippen molar-refractivity contribution in [2.75, 3.05) is 59.0 Å². The number of anilines is 1. The third kappa shape index (κ3) is 9.98. The molecule has 13 nitrogen and oxygen atoms in total. The standard InChI is InChI=1S/C38H57N5O8/c1-8-50-33(46)20-39-15-16-40-37(47)28-17-27(18-29(19-28)42(5)6)30-13-10-12-26(36(30)49-7)21-43-35(34(25(4)45)32(22-44)51-43)38(48)41-31-14-9-11-23(2)24(31)3/h10,12-13,17-19,23-25,31-32,34-35,39,44-45H,8-9,11,14-16,20-22H2,1-7H3,(H,40,47)(H,41,48)/t23-,24+,25+,31+,32+,34-,35+/m1/s1. The molecule has 4 rings (SSSR count). The van der Waals surface area contributed by atoms with Crippen molar-refractivity contribution >= 4 is 23.5 Å². The van der Waals surface area contributed by atoms with Crippen LogP contribution in [-0.4, -0.2) is 111 Å². The van der Waals surface area contributed by atoms with E-state index >= 15 is 0 Å². The maximum atomic E-state index is 14.0. The van der Waals surface area contributed by atoms with Crippen molar-refractivity contribution in [3.8, 4) is 16.9 Å². The second-order valence-corrected chi connectivity index (χ2v) is 13.9. The zero-order valence-corrected chi connectivity index (χ0v) is 31.1. The number of hydroxylamine groups is 2. The first-order valence-electron chi connectivity index (χ1n) is 18.1. The number of nitrogens with zero attached hydrogens (tertiary/aromatic N) is 2. The summed E-state index contributed by atoms with van der Waals surface area (Å²) in [5, 5.41) is 31.8. The smallest absolute Gasteiger partial charge is 0.319 e. The van der Waals surface area contributed by atoms with Crippen LogP contribution in [0.3, 0.4) is 0 Å². The van der Waals surface area contributed by atoms with Gasteiger partial charge in [0, 0.05) is 61.5 Å². The number of aliphatic hydroxyl groups is 2. The molecule has 1 saturated carbocycles. The lowest BCUT2D eigenvalue weighted by Gasteiger charge is -2.36. The first kappa shape index (κ1) is 40.0. The van der Waals surface area contributed by atoms with E-state index in [4.69, 9.17) is 14.3 Å². The molecule has 1 saturated heterocycles. The molecule has 2 aromatic rings. The first-order chi connectivity index (χ1) is 24.4. The largest absolute Gasteiger partial charge is 0.496 e. The van der Waals surface area contributed by atoms with Crippen molar-refractivity contribution in [1.82, 2.24) is 21.0 Å². The molecule has 0 spiro atoms. The van der Waals surface area contributed by atoms with Crippen LogP contribution in [0.2, 0.25) is 0 Å². The summed E-state index contributed by atoms with van der Waals surface area (Å²) in [4.78, 5) is 47.0. The number of hydrogen-bond acceptors (Lipinski definition) is 11. The van der Waals surface area contributed by atoms with Crippen molar-refractivity contribution in [1.29, 1.82) is 0 Å². The second-order valence-electron chi connectivity index (χ2n) is 13.9. The Morgan fingerprint density at radius 2 is 1.88 bits per heavy atom. The zero-order valence-electron chi connectivity index (χ0n) is 31.1. The predicted octanol–water partition coefficient (Wildman–Crippen LogP) is 2.73. The Labute approximate surface area is 302 Å². The normalized spacial score (nSPS) is 24.1. The number of benzene rings is 2. The highest BCUT2D eigenvalue weighted by atomic mass is 16.7. The van der Waals surface area contributed by atoms with E-state index < -0.39 is 24.2 Å². The van der Waals surface area contributed by atoms with Crippen molar-refractivity contribution in [3.63, 3.8) is 0 Å². The van der Waals surface area contributed by atoms with Crippen molar-refractivity contribution in [3.05, 3.63) is 47.5 Å². The minimum absolute atomic E-state index is 0.0139. The summed E-state index contributed by atoms with van der Waals surface area (Å²) in [7, 11) is 5.37. The molecule has 5 N–H and O–H groups in total. The van der Waals surface area contributed by atoms with Crippen molar-refractivity contribution in [2.24, 2.45) is 17.8 Å². The Morgan fingerprint density at radius 1 is 1.12 bits per heavy atom. The Hall–Kier alpha value is -3.75. The van der Waals surface area contributed by atoms with Gasteiger partial charge in [0.25, 0.3) is 5.91 Å². The molecule has 2 fully saturated rings. The highest BCUT2D eigenvalue weighted by Crippen LogP contribution is 2.39. The monoisotopic (exact) mass is 711 g/mol. The van der Waals surface area contributed by atoms with Gasteiger partial charge in [-0.05, 0) is 55.9 Å². The van der Waals surface area contributed by atoms with E-state index in [9.17, 15) is 24.6 Å². The van der Waals surface area contributed by atoms with E-state index in [1.165, 1.54) is 0 Å². The molecule has 2 aromatic carbocycles. The quantitative estimate of drug-likeness (QED) is 0.129. The average molecular weight is 712 g/mol. The molecule has 282 valence electrons. The number of carbonyl (C=O) groups is 3. The molecule has 1 heterocycles. The number of ether oxygens (including phenoxy) is 2. The van der Waals surface area contributed by atoms with Gasteiger partial charge in [-0.25, -0.2) is 0 Å².